The van der Waals surface area contributed by atoms with E-state index in [4.69, 9.17) is 9.47 Å². The normalized spacial score (nSPS) is 22.8. The first-order chi connectivity index (χ1) is 15.7. The summed E-state index contributed by atoms with van der Waals surface area (Å²) >= 11 is 0. The Hall–Kier alpha value is -2.26. The molecular formula is C24H34ClN5O3. The number of hydrogen-bond acceptors (Lipinski definition) is 7. The van der Waals surface area contributed by atoms with E-state index in [1.54, 1.807) is 7.11 Å². The lowest BCUT2D eigenvalue weighted by Crippen LogP contribution is -2.56. The number of hydrogen-bond donors (Lipinski definition) is 2. The van der Waals surface area contributed by atoms with Crippen molar-refractivity contribution in [3.05, 3.63) is 42.2 Å². The number of rotatable bonds is 7. The summed E-state index contributed by atoms with van der Waals surface area (Å²) in [5.41, 5.74) is 2.34. The number of piperidine rings is 1. The average Bonchev–Trinajstić information content (AvgIpc) is 3.26. The van der Waals surface area contributed by atoms with Crippen LogP contribution in [-0.4, -0.2) is 74.3 Å². The average molecular weight is 476 g/mol. The van der Waals surface area contributed by atoms with Gasteiger partial charge in [0.25, 0.3) is 0 Å². The van der Waals surface area contributed by atoms with Crippen LogP contribution >= 0.6 is 12.4 Å². The molecule has 180 valence electrons. The minimum atomic E-state index is -0.133. The van der Waals surface area contributed by atoms with Crippen LogP contribution in [0.5, 0.6) is 11.5 Å². The molecule has 3 aliphatic heterocycles. The van der Waals surface area contributed by atoms with E-state index in [1.165, 1.54) is 5.69 Å². The van der Waals surface area contributed by atoms with E-state index in [0.29, 0.717) is 25.4 Å². The molecule has 0 saturated carbocycles. The Morgan fingerprint density at radius 1 is 1.12 bits per heavy atom. The largest absolute Gasteiger partial charge is 0.495 e. The van der Waals surface area contributed by atoms with Crippen molar-refractivity contribution in [2.45, 2.75) is 31.6 Å². The summed E-state index contributed by atoms with van der Waals surface area (Å²) < 4.78 is 13.7. The van der Waals surface area contributed by atoms with Crippen LogP contribution in [0.1, 0.15) is 24.7 Å². The SMILES string of the molecule is COc1ccccc1N1CCN(CCCOc2cc3n(c2)C2NCCC(=O)C2NC3)CC1.Cl. The molecule has 0 amide bonds. The van der Waals surface area contributed by atoms with Crippen LogP contribution in [0.25, 0.3) is 0 Å². The minimum absolute atomic E-state index is 0. The Morgan fingerprint density at radius 3 is 2.76 bits per heavy atom. The third-order valence-electron chi connectivity index (χ3n) is 6.78. The predicted molar refractivity (Wildman–Crippen MR) is 131 cm³/mol. The second kappa shape index (κ2) is 10.8. The van der Waals surface area contributed by atoms with Crippen molar-refractivity contribution in [2.75, 3.05) is 57.9 Å². The lowest BCUT2D eigenvalue weighted by Gasteiger charge is -2.37. The van der Waals surface area contributed by atoms with Gasteiger partial charge in [0.1, 0.15) is 23.7 Å². The summed E-state index contributed by atoms with van der Waals surface area (Å²) in [6.07, 6.45) is 3.64. The summed E-state index contributed by atoms with van der Waals surface area (Å²) in [6, 6.07) is 10.2. The van der Waals surface area contributed by atoms with Crippen molar-refractivity contribution in [3.63, 3.8) is 0 Å². The summed E-state index contributed by atoms with van der Waals surface area (Å²) in [5.74, 6) is 2.13. The summed E-state index contributed by atoms with van der Waals surface area (Å²) in [4.78, 5) is 17.1. The fourth-order valence-electron chi connectivity index (χ4n) is 5.05. The van der Waals surface area contributed by atoms with E-state index in [-0.39, 0.29) is 24.6 Å². The van der Waals surface area contributed by atoms with Crippen molar-refractivity contribution in [1.82, 2.24) is 20.1 Å². The van der Waals surface area contributed by atoms with Gasteiger partial charge in [-0.1, -0.05) is 12.1 Å². The number of aromatic nitrogens is 1. The van der Waals surface area contributed by atoms with Crippen LogP contribution in [0.4, 0.5) is 5.69 Å². The molecule has 5 rings (SSSR count). The molecule has 3 aliphatic rings. The number of piperazine rings is 1. The van der Waals surface area contributed by atoms with Crippen molar-refractivity contribution >= 4 is 23.9 Å². The third kappa shape index (κ3) is 5.14. The van der Waals surface area contributed by atoms with Gasteiger partial charge in [-0.05, 0) is 18.6 Å². The highest BCUT2D eigenvalue weighted by Gasteiger charge is 2.36. The van der Waals surface area contributed by atoms with Crippen LogP contribution in [0.15, 0.2) is 36.5 Å². The second-order valence-electron chi connectivity index (χ2n) is 8.75. The fraction of sp³-hybridized carbons (Fsp3) is 0.542. The number of halogens is 1. The molecule has 2 unspecified atom stereocenters. The van der Waals surface area contributed by atoms with E-state index in [2.05, 4.69) is 43.2 Å². The molecule has 0 spiro atoms. The van der Waals surface area contributed by atoms with Gasteiger partial charge in [-0.3, -0.25) is 20.3 Å². The molecule has 1 aromatic carbocycles. The van der Waals surface area contributed by atoms with Crippen LogP contribution in [0.2, 0.25) is 0 Å². The number of benzene rings is 1. The van der Waals surface area contributed by atoms with Gasteiger partial charge in [0.05, 0.1) is 19.4 Å². The molecule has 9 heteroatoms. The summed E-state index contributed by atoms with van der Waals surface area (Å²) in [7, 11) is 1.73. The molecule has 33 heavy (non-hydrogen) atoms. The Morgan fingerprint density at radius 2 is 1.94 bits per heavy atom. The first-order valence-corrected chi connectivity index (χ1v) is 11.7. The Bertz CT molecular complexity index is 944. The molecule has 2 fully saturated rings. The number of carbonyl (C=O) groups excluding carboxylic acids is 1. The van der Waals surface area contributed by atoms with E-state index in [9.17, 15) is 4.79 Å². The number of methoxy groups -OCH3 is 1. The van der Waals surface area contributed by atoms with Crippen LogP contribution < -0.4 is 25.0 Å². The van der Waals surface area contributed by atoms with Gasteiger partial charge < -0.3 is 18.9 Å². The van der Waals surface area contributed by atoms with Crippen molar-refractivity contribution < 1.29 is 14.3 Å². The highest BCUT2D eigenvalue weighted by atomic mass is 35.5. The van der Waals surface area contributed by atoms with E-state index >= 15 is 0 Å². The first kappa shape index (κ1) is 23.9. The van der Waals surface area contributed by atoms with E-state index < -0.39 is 0 Å². The van der Waals surface area contributed by atoms with Crippen molar-refractivity contribution in [1.29, 1.82) is 0 Å². The third-order valence-corrected chi connectivity index (χ3v) is 6.78. The maximum absolute atomic E-state index is 12.2. The lowest BCUT2D eigenvalue weighted by molar-refractivity contribution is -0.124. The first-order valence-electron chi connectivity index (χ1n) is 11.7. The molecule has 4 heterocycles. The number of para-hydroxylation sites is 2. The number of ketones is 1. The number of fused-ring (bicyclic) bond motifs is 3. The molecule has 0 radical (unpaired) electrons. The maximum Gasteiger partial charge on any atom is 0.154 e. The van der Waals surface area contributed by atoms with Gasteiger partial charge in [0.15, 0.2) is 5.78 Å². The van der Waals surface area contributed by atoms with Gasteiger partial charge in [-0.15, -0.1) is 12.4 Å². The number of anilines is 1. The Balaban J connectivity index is 0.00000259. The zero-order chi connectivity index (χ0) is 21.9. The van der Waals surface area contributed by atoms with E-state index in [1.807, 2.05) is 18.3 Å². The second-order valence-corrected chi connectivity index (χ2v) is 8.75. The zero-order valence-electron chi connectivity index (χ0n) is 19.2. The molecule has 0 aliphatic carbocycles. The zero-order valence-corrected chi connectivity index (χ0v) is 20.0. The maximum atomic E-state index is 12.2. The number of nitrogens with zero attached hydrogens (tertiary/aromatic N) is 3. The minimum Gasteiger partial charge on any atom is -0.495 e. The number of ether oxygens (including phenoxy) is 2. The molecular weight excluding hydrogens is 442 g/mol. The van der Waals surface area contributed by atoms with Gasteiger partial charge in [0, 0.05) is 70.2 Å². The number of carbonyl (C=O) groups is 1. The Labute approximate surface area is 201 Å². The summed E-state index contributed by atoms with van der Waals surface area (Å²) in [5, 5.41) is 6.83. The lowest BCUT2D eigenvalue weighted by atomic mass is 10.0. The van der Waals surface area contributed by atoms with Crippen LogP contribution in [0, 0.1) is 0 Å². The molecule has 2 N–H and O–H groups in total. The molecule has 2 atom stereocenters. The van der Waals surface area contributed by atoms with Gasteiger partial charge >= 0.3 is 0 Å². The Kier molecular flexibility index (Phi) is 7.80. The molecule has 2 saturated heterocycles. The van der Waals surface area contributed by atoms with Crippen LogP contribution in [-0.2, 0) is 11.3 Å². The van der Waals surface area contributed by atoms with E-state index in [0.717, 1.165) is 62.9 Å². The van der Waals surface area contributed by atoms with Crippen LogP contribution in [0.3, 0.4) is 0 Å². The van der Waals surface area contributed by atoms with Crippen molar-refractivity contribution in [3.8, 4) is 11.5 Å². The quantitative estimate of drug-likeness (QED) is 0.594. The monoisotopic (exact) mass is 475 g/mol. The van der Waals surface area contributed by atoms with Gasteiger partial charge in [0.2, 0.25) is 0 Å². The standard InChI is InChI=1S/C24H33N5O3.ClH/c1-31-22-6-3-2-5-20(22)28-12-10-27(11-13-28)9-4-14-32-19-15-18-16-26-23-21(30)7-8-25-24(23)29(18)17-19;/h2-3,5-6,15,17,23-26H,4,7-14,16H2,1H3;1H. The molecule has 0 bridgehead atoms. The topological polar surface area (TPSA) is 71.0 Å². The predicted octanol–water partition coefficient (Wildman–Crippen LogP) is 2.04. The van der Waals surface area contributed by atoms with Gasteiger partial charge in [-0.2, -0.15) is 0 Å². The van der Waals surface area contributed by atoms with Gasteiger partial charge in [-0.25, -0.2) is 0 Å². The van der Waals surface area contributed by atoms with Crippen molar-refractivity contribution in [2.24, 2.45) is 0 Å². The fourth-order valence-corrected chi connectivity index (χ4v) is 5.05. The highest BCUT2D eigenvalue weighted by Crippen LogP contribution is 2.29. The molecule has 8 nitrogen and oxygen atoms in total. The highest BCUT2D eigenvalue weighted by molar-refractivity contribution is 5.86. The summed E-state index contributed by atoms with van der Waals surface area (Å²) in [6.45, 7) is 7.29. The number of Topliss-reactive ketones (excluding diaryl/α,β-unsaturated/α-hetero) is 1. The smallest absolute Gasteiger partial charge is 0.154 e. The number of nitrogens with one attached hydrogen (secondary N) is 2. The molecule has 2 aromatic rings. The molecule has 1 aromatic heterocycles.